The fourth-order valence-electron chi connectivity index (χ4n) is 2.30. The van der Waals surface area contributed by atoms with Crippen LogP contribution in [0.5, 0.6) is 0 Å². The number of fused-ring (bicyclic) bond motifs is 1. The van der Waals surface area contributed by atoms with Crippen LogP contribution in [0, 0.1) is 12.7 Å². The lowest BCUT2D eigenvalue weighted by atomic mass is 10.1. The predicted molar refractivity (Wildman–Crippen MR) is 62.6 cm³/mol. The molecule has 1 fully saturated rings. The van der Waals surface area contributed by atoms with Crippen LogP contribution in [-0.2, 0) is 0 Å². The Morgan fingerprint density at radius 2 is 2.12 bits per heavy atom. The normalized spacial score (nSPS) is 16.7. The van der Waals surface area contributed by atoms with Crippen LogP contribution in [-0.4, -0.2) is 31.3 Å². The first kappa shape index (κ1) is 10.5. The molecule has 3 rings (SSSR count). The Morgan fingerprint density at radius 3 is 2.88 bits per heavy atom. The SMILES string of the molecule is Cc1noc2cc(F)c(N3CC[NH2+]CC3)cc12. The van der Waals surface area contributed by atoms with Gasteiger partial charge in [0.25, 0.3) is 0 Å². The summed E-state index contributed by atoms with van der Waals surface area (Å²) in [4.78, 5) is 2.08. The van der Waals surface area contributed by atoms with Gasteiger partial charge in [-0.2, -0.15) is 0 Å². The van der Waals surface area contributed by atoms with E-state index in [1.807, 2.05) is 13.0 Å². The monoisotopic (exact) mass is 236 g/mol. The third kappa shape index (κ3) is 1.76. The second kappa shape index (κ2) is 4.00. The standard InChI is InChI=1S/C12H14FN3O/c1-8-9-6-11(16-4-2-14-3-5-16)10(13)7-12(9)17-15-8/h6-7,14H,2-5H2,1H3/p+1. The Hall–Kier alpha value is -1.62. The van der Waals surface area contributed by atoms with Gasteiger partial charge in [-0.3, -0.25) is 0 Å². The summed E-state index contributed by atoms with van der Waals surface area (Å²) in [5.74, 6) is -0.226. The molecule has 2 heterocycles. The molecule has 1 aromatic carbocycles. The third-order valence-electron chi connectivity index (χ3n) is 3.27. The van der Waals surface area contributed by atoms with Crippen molar-refractivity contribution < 1.29 is 14.2 Å². The van der Waals surface area contributed by atoms with Crippen molar-refractivity contribution in [1.82, 2.24) is 5.16 Å². The van der Waals surface area contributed by atoms with E-state index in [-0.39, 0.29) is 5.82 Å². The first-order chi connectivity index (χ1) is 8.25. The van der Waals surface area contributed by atoms with Crippen molar-refractivity contribution in [1.29, 1.82) is 0 Å². The van der Waals surface area contributed by atoms with Crippen LogP contribution in [0.3, 0.4) is 0 Å². The number of aryl methyl sites for hydroxylation is 1. The zero-order chi connectivity index (χ0) is 11.8. The molecule has 4 nitrogen and oxygen atoms in total. The second-order valence-corrected chi connectivity index (χ2v) is 4.42. The van der Waals surface area contributed by atoms with Crippen LogP contribution >= 0.6 is 0 Å². The number of nitrogens with two attached hydrogens (primary N) is 1. The highest BCUT2D eigenvalue weighted by Crippen LogP contribution is 2.27. The number of aromatic nitrogens is 1. The molecule has 0 bridgehead atoms. The number of hydrogen-bond donors (Lipinski definition) is 1. The van der Waals surface area contributed by atoms with E-state index >= 15 is 0 Å². The van der Waals surface area contributed by atoms with Crippen molar-refractivity contribution in [3.63, 3.8) is 0 Å². The molecule has 0 amide bonds. The van der Waals surface area contributed by atoms with Crippen molar-refractivity contribution >= 4 is 16.7 Å². The molecule has 5 heteroatoms. The third-order valence-corrected chi connectivity index (χ3v) is 3.27. The molecule has 1 saturated heterocycles. The van der Waals surface area contributed by atoms with E-state index in [1.165, 1.54) is 6.07 Å². The molecule has 0 saturated carbocycles. The fourth-order valence-corrected chi connectivity index (χ4v) is 2.30. The molecule has 0 atom stereocenters. The number of rotatable bonds is 1. The van der Waals surface area contributed by atoms with Crippen LogP contribution in [0.1, 0.15) is 5.69 Å². The molecule has 0 radical (unpaired) electrons. The average molecular weight is 236 g/mol. The Labute approximate surface area is 98.4 Å². The Morgan fingerprint density at radius 1 is 1.35 bits per heavy atom. The maximum atomic E-state index is 14.0. The number of hydrogen-bond acceptors (Lipinski definition) is 3. The van der Waals surface area contributed by atoms with Gasteiger partial charge in [0.05, 0.1) is 37.6 Å². The smallest absolute Gasteiger partial charge is 0.170 e. The van der Waals surface area contributed by atoms with Crippen LogP contribution in [0.25, 0.3) is 11.0 Å². The van der Waals surface area contributed by atoms with E-state index in [0.717, 1.165) is 37.3 Å². The lowest BCUT2D eigenvalue weighted by molar-refractivity contribution is -0.655. The maximum absolute atomic E-state index is 14.0. The van der Waals surface area contributed by atoms with Crippen LogP contribution in [0.4, 0.5) is 10.1 Å². The lowest BCUT2D eigenvalue weighted by Gasteiger charge is -2.27. The van der Waals surface area contributed by atoms with Gasteiger partial charge in [-0.1, -0.05) is 5.16 Å². The summed E-state index contributed by atoms with van der Waals surface area (Å²) in [6, 6.07) is 3.28. The average Bonchev–Trinajstić information content (AvgIpc) is 2.70. The summed E-state index contributed by atoms with van der Waals surface area (Å²) in [6.07, 6.45) is 0. The molecular weight excluding hydrogens is 221 g/mol. The van der Waals surface area contributed by atoms with Crippen molar-refractivity contribution in [2.45, 2.75) is 6.92 Å². The molecule has 2 aromatic rings. The summed E-state index contributed by atoms with van der Waals surface area (Å²) >= 11 is 0. The van der Waals surface area contributed by atoms with Gasteiger partial charge >= 0.3 is 0 Å². The minimum absolute atomic E-state index is 0.226. The topological polar surface area (TPSA) is 45.9 Å². The first-order valence-electron chi connectivity index (χ1n) is 5.88. The van der Waals surface area contributed by atoms with Crippen LogP contribution in [0.2, 0.25) is 0 Å². The van der Waals surface area contributed by atoms with Gasteiger partial charge in [0.1, 0.15) is 5.82 Å². The number of benzene rings is 1. The number of quaternary nitrogens is 1. The summed E-state index contributed by atoms with van der Waals surface area (Å²) in [5.41, 5.74) is 1.99. The Bertz CT molecular complexity index is 546. The first-order valence-corrected chi connectivity index (χ1v) is 5.88. The maximum Gasteiger partial charge on any atom is 0.170 e. The highest BCUT2D eigenvalue weighted by Gasteiger charge is 2.18. The number of nitrogens with zero attached hydrogens (tertiary/aromatic N) is 2. The summed E-state index contributed by atoms with van der Waals surface area (Å²) in [7, 11) is 0. The van der Waals surface area contributed by atoms with E-state index in [0.29, 0.717) is 11.3 Å². The number of halogens is 1. The van der Waals surface area contributed by atoms with E-state index in [1.54, 1.807) is 0 Å². The molecule has 17 heavy (non-hydrogen) atoms. The van der Waals surface area contributed by atoms with E-state index in [4.69, 9.17) is 4.52 Å². The van der Waals surface area contributed by atoms with Crippen LogP contribution in [0.15, 0.2) is 16.7 Å². The molecular formula is C12H15FN3O+. The number of piperazine rings is 1. The van der Waals surface area contributed by atoms with E-state index < -0.39 is 0 Å². The van der Waals surface area contributed by atoms with Gasteiger partial charge in [0.2, 0.25) is 0 Å². The molecule has 2 N–H and O–H groups in total. The van der Waals surface area contributed by atoms with Gasteiger partial charge in [-0.05, 0) is 13.0 Å². The molecule has 1 aliphatic rings. The van der Waals surface area contributed by atoms with Crippen molar-refractivity contribution in [2.24, 2.45) is 0 Å². The van der Waals surface area contributed by atoms with Crippen molar-refractivity contribution in [3.8, 4) is 0 Å². The predicted octanol–water partition coefficient (Wildman–Crippen LogP) is 0.659. The minimum atomic E-state index is -0.226. The zero-order valence-corrected chi connectivity index (χ0v) is 9.74. The fraction of sp³-hybridized carbons (Fsp3) is 0.417. The van der Waals surface area contributed by atoms with Crippen molar-refractivity contribution in [2.75, 3.05) is 31.1 Å². The minimum Gasteiger partial charge on any atom is -0.358 e. The highest BCUT2D eigenvalue weighted by atomic mass is 19.1. The zero-order valence-electron chi connectivity index (χ0n) is 9.74. The van der Waals surface area contributed by atoms with Crippen molar-refractivity contribution in [3.05, 3.63) is 23.6 Å². The van der Waals surface area contributed by atoms with E-state index in [2.05, 4.69) is 15.4 Å². The quantitative estimate of drug-likeness (QED) is 0.791. The Kier molecular flexibility index (Phi) is 2.48. The number of anilines is 1. The van der Waals surface area contributed by atoms with E-state index in [9.17, 15) is 4.39 Å². The lowest BCUT2D eigenvalue weighted by Crippen LogP contribution is -2.89. The van der Waals surface area contributed by atoms with Gasteiger partial charge in [-0.15, -0.1) is 0 Å². The van der Waals surface area contributed by atoms with Gasteiger partial charge < -0.3 is 14.7 Å². The highest BCUT2D eigenvalue weighted by molar-refractivity contribution is 5.83. The Balaban J connectivity index is 2.07. The molecule has 0 aliphatic carbocycles. The molecule has 90 valence electrons. The molecule has 1 aliphatic heterocycles. The second-order valence-electron chi connectivity index (χ2n) is 4.42. The van der Waals surface area contributed by atoms with Gasteiger partial charge in [0.15, 0.2) is 5.58 Å². The molecule has 0 spiro atoms. The molecule has 0 unspecified atom stereocenters. The summed E-state index contributed by atoms with van der Waals surface area (Å²) in [5, 5.41) is 7.00. The van der Waals surface area contributed by atoms with Gasteiger partial charge in [0, 0.05) is 11.5 Å². The summed E-state index contributed by atoms with van der Waals surface area (Å²) < 4.78 is 19.0. The van der Waals surface area contributed by atoms with Crippen LogP contribution < -0.4 is 10.2 Å². The largest absolute Gasteiger partial charge is 0.358 e. The van der Waals surface area contributed by atoms with Gasteiger partial charge in [-0.25, -0.2) is 4.39 Å². The summed E-state index contributed by atoms with van der Waals surface area (Å²) in [6.45, 7) is 5.66. The molecule has 1 aromatic heterocycles.